The minimum Gasteiger partial charge on any atom is -0.326 e. The molecule has 24 heavy (non-hydrogen) atoms. The Balaban J connectivity index is 0.00000288. The van der Waals surface area contributed by atoms with E-state index in [1.165, 1.54) is 0 Å². The number of nitrogens with one attached hydrogen (secondary N) is 2. The summed E-state index contributed by atoms with van der Waals surface area (Å²) in [6.45, 7) is 1.07. The molecule has 0 radical (unpaired) electrons. The highest BCUT2D eigenvalue weighted by Gasteiger charge is 2.37. The second-order valence-electron chi connectivity index (χ2n) is 5.33. The van der Waals surface area contributed by atoms with Gasteiger partial charge in [-0.1, -0.05) is 0 Å². The van der Waals surface area contributed by atoms with Gasteiger partial charge in [0.05, 0.1) is 17.0 Å². The summed E-state index contributed by atoms with van der Waals surface area (Å²) in [6, 6.07) is 1.03. The molecule has 0 aliphatic carbocycles. The monoisotopic (exact) mass is 376 g/mol. The minimum atomic E-state index is -4.94. The number of piperidine rings is 1. The Morgan fingerprint density at radius 3 is 2.00 bits per heavy atom. The van der Waals surface area contributed by atoms with Gasteiger partial charge in [0.25, 0.3) is 0 Å². The van der Waals surface area contributed by atoms with E-state index in [1.807, 2.05) is 0 Å². The van der Waals surface area contributed by atoms with Gasteiger partial charge in [0, 0.05) is 12.2 Å². The Kier molecular flexibility index (Phi) is 6.52. The lowest BCUT2D eigenvalue weighted by molar-refractivity contribution is -0.143. The normalized spacial score (nSPS) is 18.7. The van der Waals surface area contributed by atoms with Gasteiger partial charge in [-0.25, -0.2) is 0 Å². The molecule has 1 aromatic carbocycles. The molecule has 0 saturated carbocycles. The number of alkyl halides is 6. The highest BCUT2D eigenvalue weighted by molar-refractivity contribution is 5.93. The number of amides is 1. The number of benzene rings is 1. The largest absolute Gasteiger partial charge is 0.416 e. The van der Waals surface area contributed by atoms with E-state index in [1.54, 1.807) is 0 Å². The SMILES string of the molecule is Cl.O=C(Nc1cc(C(F)(F)F)cc(C(F)(F)F)c1)C1CCCNC1. The number of hydrogen-bond donors (Lipinski definition) is 2. The van der Waals surface area contributed by atoms with Gasteiger partial charge in [-0.15, -0.1) is 12.4 Å². The third-order valence-corrected chi connectivity index (χ3v) is 3.52. The molecule has 1 aliphatic heterocycles. The Morgan fingerprint density at radius 1 is 1.04 bits per heavy atom. The summed E-state index contributed by atoms with van der Waals surface area (Å²) in [4.78, 5) is 12.0. The first-order valence-electron chi connectivity index (χ1n) is 6.88. The summed E-state index contributed by atoms with van der Waals surface area (Å²) < 4.78 is 76.4. The zero-order chi connectivity index (χ0) is 17.3. The van der Waals surface area contributed by atoms with E-state index in [-0.39, 0.29) is 18.5 Å². The number of anilines is 1. The highest BCUT2D eigenvalue weighted by Crippen LogP contribution is 2.37. The van der Waals surface area contributed by atoms with Crippen molar-refractivity contribution in [3.8, 4) is 0 Å². The van der Waals surface area contributed by atoms with E-state index in [4.69, 9.17) is 0 Å². The highest BCUT2D eigenvalue weighted by atomic mass is 35.5. The maximum absolute atomic E-state index is 12.7. The zero-order valence-electron chi connectivity index (χ0n) is 12.2. The van der Waals surface area contributed by atoms with Gasteiger partial charge in [-0.05, 0) is 37.6 Å². The molecule has 1 aliphatic rings. The standard InChI is InChI=1S/C14H14F6N2O.ClH/c15-13(16,17)9-4-10(14(18,19)20)6-11(5-9)22-12(23)8-2-1-3-21-7-8;/h4-6,8,21H,1-3,7H2,(H,22,23);1H. The van der Waals surface area contributed by atoms with Crippen LogP contribution >= 0.6 is 12.4 Å². The van der Waals surface area contributed by atoms with Crippen LogP contribution in [0.2, 0.25) is 0 Å². The molecule has 136 valence electrons. The van der Waals surface area contributed by atoms with Crippen LogP contribution in [-0.4, -0.2) is 19.0 Å². The van der Waals surface area contributed by atoms with E-state index >= 15 is 0 Å². The molecule has 1 heterocycles. The average molecular weight is 377 g/mol. The lowest BCUT2D eigenvalue weighted by Gasteiger charge is -2.22. The Labute approximate surface area is 140 Å². The van der Waals surface area contributed by atoms with Crippen molar-refractivity contribution in [2.45, 2.75) is 25.2 Å². The van der Waals surface area contributed by atoms with Crippen molar-refractivity contribution in [3.63, 3.8) is 0 Å². The molecule has 2 N–H and O–H groups in total. The van der Waals surface area contributed by atoms with Crippen LogP contribution in [-0.2, 0) is 17.1 Å². The Morgan fingerprint density at radius 2 is 1.58 bits per heavy atom. The fourth-order valence-electron chi connectivity index (χ4n) is 2.35. The first-order valence-corrected chi connectivity index (χ1v) is 6.88. The van der Waals surface area contributed by atoms with Crippen LogP contribution < -0.4 is 10.6 Å². The van der Waals surface area contributed by atoms with Crippen molar-refractivity contribution in [2.24, 2.45) is 5.92 Å². The number of hydrogen-bond acceptors (Lipinski definition) is 2. The lowest BCUT2D eigenvalue weighted by Crippen LogP contribution is -2.37. The smallest absolute Gasteiger partial charge is 0.326 e. The topological polar surface area (TPSA) is 41.1 Å². The molecule has 0 spiro atoms. The van der Waals surface area contributed by atoms with Crippen LogP contribution in [0.1, 0.15) is 24.0 Å². The maximum Gasteiger partial charge on any atom is 0.416 e. The van der Waals surface area contributed by atoms with Crippen LogP contribution in [0.15, 0.2) is 18.2 Å². The van der Waals surface area contributed by atoms with E-state index in [9.17, 15) is 31.1 Å². The molecular weight excluding hydrogens is 362 g/mol. The summed E-state index contributed by atoms with van der Waals surface area (Å²) in [5.41, 5.74) is -3.42. The summed E-state index contributed by atoms with van der Waals surface area (Å²) in [5, 5.41) is 5.11. The summed E-state index contributed by atoms with van der Waals surface area (Å²) in [6.07, 6.45) is -8.63. The molecule has 0 bridgehead atoms. The van der Waals surface area contributed by atoms with Crippen molar-refractivity contribution < 1.29 is 31.1 Å². The van der Waals surface area contributed by atoms with Crippen LogP contribution in [0, 0.1) is 5.92 Å². The number of carbonyl (C=O) groups is 1. The van der Waals surface area contributed by atoms with Gasteiger partial charge in [0.15, 0.2) is 0 Å². The van der Waals surface area contributed by atoms with Crippen LogP contribution in [0.4, 0.5) is 32.0 Å². The van der Waals surface area contributed by atoms with E-state index < -0.39 is 41.0 Å². The molecule has 1 aromatic rings. The third-order valence-electron chi connectivity index (χ3n) is 3.52. The number of carbonyl (C=O) groups excluding carboxylic acids is 1. The van der Waals surface area contributed by atoms with Crippen molar-refractivity contribution in [2.75, 3.05) is 18.4 Å². The van der Waals surface area contributed by atoms with E-state index in [0.29, 0.717) is 31.5 Å². The fraction of sp³-hybridized carbons (Fsp3) is 0.500. The molecular formula is C14H15ClF6N2O. The second-order valence-corrected chi connectivity index (χ2v) is 5.33. The molecule has 10 heteroatoms. The van der Waals surface area contributed by atoms with Crippen molar-refractivity contribution in [1.29, 1.82) is 0 Å². The van der Waals surface area contributed by atoms with Gasteiger partial charge < -0.3 is 10.6 Å². The van der Waals surface area contributed by atoms with Crippen LogP contribution in [0.25, 0.3) is 0 Å². The van der Waals surface area contributed by atoms with Gasteiger partial charge >= 0.3 is 12.4 Å². The van der Waals surface area contributed by atoms with Gasteiger partial charge in [0.2, 0.25) is 5.91 Å². The number of rotatable bonds is 2. The predicted octanol–water partition coefficient (Wildman–Crippen LogP) is 4.08. The van der Waals surface area contributed by atoms with Crippen molar-refractivity contribution >= 4 is 24.0 Å². The first-order chi connectivity index (χ1) is 10.6. The molecule has 0 aromatic heterocycles. The summed E-state index contributed by atoms with van der Waals surface area (Å²) in [7, 11) is 0. The van der Waals surface area contributed by atoms with Crippen LogP contribution in [0.5, 0.6) is 0 Å². The van der Waals surface area contributed by atoms with Crippen LogP contribution in [0.3, 0.4) is 0 Å². The molecule has 1 atom stereocenters. The van der Waals surface area contributed by atoms with Gasteiger partial charge in [0.1, 0.15) is 0 Å². The second kappa shape index (κ2) is 7.60. The average Bonchev–Trinajstić information content (AvgIpc) is 2.46. The predicted molar refractivity (Wildman–Crippen MR) is 77.9 cm³/mol. The quantitative estimate of drug-likeness (QED) is 0.764. The summed E-state index contributed by atoms with van der Waals surface area (Å²) >= 11 is 0. The summed E-state index contributed by atoms with van der Waals surface area (Å²) in [5.74, 6) is -1.07. The van der Waals surface area contributed by atoms with E-state index in [0.717, 1.165) is 6.54 Å². The Hall–Kier alpha value is -1.48. The maximum atomic E-state index is 12.7. The Bertz CT molecular complexity index is 549. The molecule has 1 amide bonds. The molecule has 2 rings (SSSR count). The molecule has 3 nitrogen and oxygen atoms in total. The lowest BCUT2D eigenvalue weighted by atomic mass is 9.98. The third kappa shape index (κ3) is 5.27. The first kappa shape index (κ1) is 20.6. The van der Waals surface area contributed by atoms with Gasteiger partial charge in [-0.3, -0.25) is 4.79 Å². The fourth-order valence-corrected chi connectivity index (χ4v) is 2.35. The zero-order valence-corrected chi connectivity index (χ0v) is 13.0. The molecule has 1 unspecified atom stereocenters. The molecule has 1 fully saturated rings. The molecule has 1 saturated heterocycles. The van der Waals surface area contributed by atoms with Gasteiger partial charge in [-0.2, -0.15) is 26.3 Å². The van der Waals surface area contributed by atoms with E-state index in [2.05, 4.69) is 10.6 Å². The number of halogens is 7. The van der Waals surface area contributed by atoms with Crippen molar-refractivity contribution in [3.05, 3.63) is 29.3 Å². The minimum absolute atomic E-state index is 0. The van der Waals surface area contributed by atoms with Crippen molar-refractivity contribution in [1.82, 2.24) is 5.32 Å².